The van der Waals surface area contributed by atoms with Crippen LogP contribution in [0.15, 0.2) is 16.6 Å². The number of nitrogen functional groups attached to an aromatic ring is 1. The number of carbonyl (C=O) groups excluding carboxylic acids is 1. The van der Waals surface area contributed by atoms with E-state index < -0.39 is 0 Å². The van der Waals surface area contributed by atoms with Gasteiger partial charge in [0, 0.05) is 22.9 Å². The maximum Gasteiger partial charge on any atom is 0.338 e. The van der Waals surface area contributed by atoms with Crippen molar-refractivity contribution in [3.8, 4) is 0 Å². The van der Waals surface area contributed by atoms with E-state index in [1.165, 1.54) is 32.1 Å². The molecule has 0 bridgehead atoms. The zero-order valence-electron chi connectivity index (χ0n) is 17.0. The summed E-state index contributed by atoms with van der Waals surface area (Å²) < 4.78 is 6.20. The molecule has 6 heteroatoms. The molecule has 28 heavy (non-hydrogen) atoms. The van der Waals surface area contributed by atoms with Crippen molar-refractivity contribution in [3.63, 3.8) is 0 Å². The second kappa shape index (κ2) is 12.7. The van der Waals surface area contributed by atoms with Gasteiger partial charge >= 0.3 is 5.97 Å². The smallest absolute Gasteiger partial charge is 0.338 e. The van der Waals surface area contributed by atoms with Gasteiger partial charge in [-0.15, -0.1) is 11.6 Å². The van der Waals surface area contributed by atoms with Crippen LogP contribution in [0.1, 0.15) is 80.6 Å². The third-order valence-corrected chi connectivity index (χ3v) is 6.36. The lowest BCUT2D eigenvalue weighted by Gasteiger charge is -2.34. The number of nitrogens with two attached hydrogens (primary N) is 1. The predicted octanol–water partition coefficient (Wildman–Crippen LogP) is 6.14. The number of nitrogens with zero attached hydrogens (tertiary/aromatic N) is 1. The summed E-state index contributed by atoms with van der Waals surface area (Å²) in [7, 11) is 0. The summed E-state index contributed by atoms with van der Waals surface area (Å²) in [5, 5.41) is 0. The highest BCUT2D eigenvalue weighted by atomic mass is 79.9. The summed E-state index contributed by atoms with van der Waals surface area (Å²) in [6, 6.07) is 4.29. The first kappa shape index (κ1) is 23.5. The van der Waals surface area contributed by atoms with Crippen LogP contribution in [-0.4, -0.2) is 35.9 Å². The highest BCUT2D eigenvalue weighted by Gasteiger charge is 2.22. The van der Waals surface area contributed by atoms with Crippen LogP contribution in [0.25, 0.3) is 0 Å². The normalized spacial score (nSPS) is 15.1. The Bertz CT molecular complexity index is 621. The number of anilines is 1. The zero-order valence-corrected chi connectivity index (χ0v) is 19.4. The Morgan fingerprint density at radius 2 is 2.00 bits per heavy atom. The van der Waals surface area contributed by atoms with Crippen molar-refractivity contribution in [2.75, 3.05) is 24.8 Å². The van der Waals surface area contributed by atoms with Crippen molar-refractivity contribution < 1.29 is 9.53 Å². The van der Waals surface area contributed by atoms with Crippen LogP contribution in [0.5, 0.6) is 0 Å². The van der Waals surface area contributed by atoms with Gasteiger partial charge in [-0.2, -0.15) is 0 Å². The molecule has 4 nitrogen and oxygen atoms in total. The number of carbonyl (C=O) groups is 1. The number of hydrogen-bond acceptors (Lipinski definition) is 4. The number of ether oxygens (including phenoxy) is 1. The summed E-state index contributed by atoms with van der Waals surface area (Å²) in [5.74, 6) is 0.366. The van der Waals surface area contributed by atoms with Crippen LogP contribution in [0, 0.1) is 0 Å². The average molecular weight is 474 g/mol. The molecule has 0 unspecified atom stereocenters. The van der Waals surface area contributed by atoms with E-state index in [2.05, 4.69) is 27.8 Å². The zero-order chi connectivity index (χ0) is 20.4. The fraction of sp³-hybridized carbons (Fsp3) is 0.682. The Morgan fingerprint density at radius 1 is 1.25 bits per heavy atom. The van der Waals surface area contributed by atoms with Gasteiger partial charge in [-0.1, -0.05) is 26.2 Å². The Hall–Kier alpha value is -0.780. The van der Waals surface area contributed by atoms with Gasteiger partial charge in [0.1, 0.15) is 0 Å². The van der Waals surface area contributed by atoms with Crippen molar-refractivity contribution in [2.24, 2.45) is 0 Å². The quantitative estimate of drug-likeness (QED) is 0.181. The van der Waals surface area contributed by atoms with Gasteiger partial charge in [-0.25, -0.2) is 4.79 Å². The van der Waals surface area contributed by atoms with E-state index in [1.807, 2.05) is 6.07 Å². The third kappa shape index (κ3) is 7.23. The Labute approximate surface area is 183 Å². The van der Waals surface area contributed by atoms with E-state index in [0.29, 0.717) is 24.1 Å². The molecule has 0 heterocycles. The molecule has 2 N–H and O–H groups in total. The maximum absolute atomic E-state index is 12.5. The molecule has 2 rings (SSSR count). The number of rotatable bonds is 11. The van der Waals surface area contributed by atoms with E-state index in [0.717, 1.165) is 54.5 Å². The molecule has 1 aliphatic carbocycles. The van der Waals surface area contributed by atoms with E-state index in [1.54, 1.807) is 6.07 Å². The minimum atomic E-state index is -0.285. The van der Waals surface area contributed by atoms with Crippen LogP contribution in [0.3, 0.4) is 0 Å². The highest BCUT2D eigenvalue weighted by Crippen LogP contribution is 2.30. The molecule has 1 saturated carbocycles. The summed E-state index contributed by atoms with van der Waals surface area (Å²) in [6.07, 6.45) is 10.3. The summed E-state index contributed by atoms with van der Waals surface area (Å²) in [4.78, 5) is 15.0. The van der Waals surface area contributed by atoms with Crippen molar-refractivity contribution in [2.45, 2.75) is 77.3 Å². The second-order valence-corrected chi connectivity index (χ2v) is 8.91. The van der Waals surface area contributed by atoms with Gasteiger partial charge in [-0.3, -0.25) is 4.90 Å². The number of halogens is 2. The number of esters is 1. The van der Waals surface area contributed by atoms with Crippen molar-refractivity contribution in [1.29, 1.82) is 0 Å². The lowest BCUT2D eigenvalue weighted by molar-refractivity contribution is 0.0498. The van der Waals surface area contributed by atoms with Gasteiger partial charge in [0.05, 0.1) is 17.9 Å². The molecule has 0 spiro atoms. The van der Waals surface area contributed by atoms with Crippen LogP contribution in [-0.2, 0) is 11.3 Å². The van der Waals surface area contributed by atoms with Crippen LogP contribution >= 0.6 is 27.5 Å². The minimum Gasteiger partial charge on any atom is -0.462 e. The molecule has 1 aromatic rings. The first-order chi connectivity index (χ1) is 13.6. The van der Waals surface area contributed by atoms with Crippen LogP contribution < -0.4 is 5.73 Å². The first-order valence-corrected chi connectivity index (χ1v) is 11.9. The number of hydrogen-bond donors (Lipinski definition) is 1. The lowest BCUT2D eigenvalue weighted by Crippen LogP contribution is -2.37. The molecule has 1 aromatic carbocycles. The van der Waals surface area contributed by atoms with Gasteiger partial charge in [0.25, 0.3) is 0 Å². The highest BCUT2D eigenvalue weighted by molar-refractivity contribution is 9.10. The van der Waals surface area contributed by atoms with E-state index in [-0.39, 0.29) is 5.97 Å². The van der Waals surface area contributed by atoms with Crippen molar-refractivity contribution >= 4 is 39.2 Å². The number of alkyl halides is 1. The Kier molecular flexibility index (Phi) is 10.7. The predicted molar refractivity (Wildman–Crippen MR) is 121 cm³/mol. The summed E-state index contributed by atoms with van der Waals surface area (Å²) in [6.45, 7) is 4.47. The van der Waals surface area contributed by atoms with Gasteiger partial charge in [0.2, 0.25) is 0 Å². The van der Waals surface area contributed by atoms with E-state index >= 15 is 0 Å². The lowest BCUT2D eigenvalue weighted by atomic mass is 9.93. The number of unbranched alkanes of at least 4 members (excludes halogenated alkanes) is 2. The Balaban J connectivity index is 2.07. The van der Waals surface area contributed by atoms with Crippen LogP contribution in [0.2, 0.25) is 0 Å². The summed E-state index contributed by atoms with van der Waals surface area (Å²) >= 11 is 9.21. The Morgan fingerprint density at radius 3 is 2.68 bits per heavy atom. The molecule has 0 aromatic heterocycles. The molecular weight excluding hydrogens is 440 g/mol. The molecule has 1 aliphatic rings. The van der Waals surface area contributed by atoms with Gasteiger partial charge in [0.15, 0.2) is 0 Å². The minimum absolute atomic E-state index is 0.285. The van der Waals surface area contributed by atoms with Gasteiger partial charge in [-0.05, 0) is 78.7 Å². The van der Waals surface area contributed by atoms with Crippen molar-refractivity contribution in [3.05, 3.63) is 27.7 Å². The molecular formula is C22H34BrClN2O2. The third-order valence-electron chi connectivity index (χ3n) is 5.44. The molecule has 1 fully saturated rings. The largest absolute Gasteiger partial charge is 0.462 e. The fourth-order valence-corrected chi connectivity index (χ4v) is 4.58. The molecule has 158 valence electrons. The molecule has 0 atom stereocenters. The van der Waals surface area contributed by atoms with E-state index in [9.17, 15) is 4.79 Å². The molecule has 0 amide bonds. The monoisotopic (exact) mass is 472 g/mol. The van der Waals surface area contributed by atoms with Crippen molar-refractivity contribution in [1.82, 2.24) is 4.90 Å². The van der Waals surface area contributed by atoms with E-state index in [4.69, 9.17) is 22.1 Å². The molecule has 0 saturated heterocycles. The van der Waals surface area contributed by atoms with Gasteiger partial charge < -0.3 is 10.5 Å². The standard InChI is InChI=1S/C22H34BrClN2O2/c1-2-12-26(19-9-5-3-6-10-19)16-18-14-17(15-20(23)21(18)25)22(27)28-13-8-4-7-11-24/h14-15,19H,2-13,16,25H2,1H3. The maximum atomic E-state index is 12.5. The average Bonchev–Trinajstić information content (AvgIpc) is 2.71. The fourth-order valence-electron chi connectivity index (χ4n) is 3.89. The topological polar surface area (TPSA) is 55.6 Å². The first-order valence-electron chi connectivity index (χ1n) is 10.6. The summed E-state index contributed by atoms with van der Waals surface area (Å²) in [5.41, 5.74) is 8.63. The van der Waals surface area contributed by atoms with Crippen LogP contribution in [0.4, 0.5) is 5.69 Å². The second-order valence-electron chi connectivity index (χ2n) is 7.68. The SMILES string of the molecule is CCCN(Cc1cc(C(=O)OCCCCCCl)cc(Br)c1N)C1CCCCC1. The molecule has 0 aliphatic heterocycles. The molecule has 0 radical (unpaired) electrons. The number of benzene rings is 1.